The first kappa shape index (κ1) is 9.54. The summed E-state index contributed by atoms with van der Waals surface area (Å²) in [5, 5.41) is 11.6. The molecule has 0 heterocycles. The minimum Gasteiger partial charge on any atom is -0.304 e. The summed E-state index contributed by atoms with van der Waals surface area (Å²) in [6, 6.07) is 2.12. The van der Waals surface area contributed by atoms with Gasteiger partial charge in [-0.05, 0) is 24.7 Å². The molecule has 68 valence electrons. The fourth-order valence-electron chi connectivity index (χ4n) is 2.16. The molecule has 1 saturated carbocycles. The second kappa shape index (κ2) is 4.47. The lowest BCUT2D eigenvalue weighted by Gasteiger charge is -2.27. The highest BCUT2D eigenvalue weighted by Gasteiger charge is 2.31. The Morgan fingerprint density at radius 2 is 2.08 bits per heavy atom. The maximum Gasteiger partial charge on any atom is 0.0841 e. The third-order valence-corrected chi connectivity index (χ3v) is 3.12. The van der Waals surface area contributed by atoms with Gasteiger partial charge in [0, 0.05) is 6.54 Å². The summed E-state index contributed by atoms with van der Waals surface area (Å²) in [6.45, 7) is 3.80. The van der Waals surface area contributed by atoms with Crippen LogP contribution >= 0.6 is 0 Å². The highest BCUT2D eigenvalue weighted by atomic mass is 14.9. The van der Waals surface area contributed by atoms with E-state index in [1.165, 1.54) is 32.1 Å². The minimum absolute atomic E-state index is 0.502. The van der Waals surface area contributed by atoms with Crippen LogP contribution in [0.2, 0.25) is 0 Å². The molecule has 1 aliphatic carbocycles. The van der Waals surface area contributed by atoms with E-state index in [0.29, 0.717) is 12.0 Å². The van der Waals surface area contributed by atoms with Crippen LogP contribution in [0.25, 0.3) is 0 Å². The number of nitriles is 1. The second-order valence-electron chi connectivity index (χ2n) is 3.82. The number of nitrogens with zero attached hydrogens (tertiary/aromatic N) is 1. The zero-order chi connectivity index (χ0) is 8.86. The van der Waals surface area contributed by atoms with E-state index in [4.69, 9.17) is 5.26 Å². The molecule has 1 N–H and O–H groups in total. The van der Waals surface area contributed by atoms with Crippen LogP contribution in [0.5, 0.6) is 0 Å². The van der Waals surface area contributed by atoms with E-state index in [9.17, 15) is 0 Å². The van der Waals surface area contributed by atoms with E-state index in [1.54, 1.807) is 0 Å². The molecule has 0 aromatic heterocycles. The van der Waals surface area contributed by atoms with Crippen molar-refractivity contribution in [2.24, 2.45) is 5.41 Å². The topological polar surface area (TPSA) is 35.8 Å². The van der Waals surface area contributed by atoms with Crippen LogP contribution in [0.4, 0.5) is 0 Å². The molecule has 0 aromatic rings. The van der Waals surface area contributed by atoms with Crippen molar-refractivity contribution in [3.8, 4) is 6.07 Å². The number of rotatable bonds is 4. The molecule has 2 heteroatoms. The van der Waals surface area contributed by atoms with E-state index >= 15 is 0 Å². The van der Waals surface area contributed by atoms with Gasteiger partial charge in [-0.15, -0.1) is 0 Å². The van der Waals surface area contributed by atoms with Crippen LogP contribution in [-0.2, 0) is 0 Å². The fraction of sp³-hybridized carbons (Fsp3) is 0.900. The van der Waals surface area contributed by atoms with Gasteiger partial charge < -0.3 is 5.32 Å². The van der Waals surface area contributed by atoms with Gasteiger partial charge in [0.15, 0.2) is 0 Å². The molecule has 0 amide bonds. The SMILES string of the molecule is CCC1(CNCC#N)CCCC1. The molecule has 12 heavy (non-hydrogen) atoms. The Morgan fingerprint density at radius 1 is 1.42 bits per heavy atom. The Balaban J connectivity index is 2.30. The average molecular weight is 166 g/mol. The second-order valence-corrected chi connectivity index (χ2v) is 3.82. The van der Waals surface area contributed by atoms with Crippen molar-refractivity contribution in [2.45, 2.75) is 39.0 Å². The van der Waals surface area contributed by atoms with Gasteiger partial charge in [0.2, 0.25) is 0 Å². The van der Waals surface area contributed by atoms with Gasteiger partial charge in [-0.25, -0.2) is 0 Å². The summed E-state index contributed by atoms with van der Waals surface area (Å²) in [5.74, 6) is 0. The van der Waals surface area contributed by atoms with Crippen molar-refractivity contribution >= 4 is 0 Å². The van der Waals surface area contributed by atoms with E-state index in [2.05, 4.69) is 18.3 Å². The summed E-state index contributed by atoms with van der Waals surface area (Å²) < 4.78 is 0. The fourth-order valence-corrected chi connectivity index (χ4v) is 2.16. The summed E-state index contributed by atoms with van der Waals surface area (Å²) in [4.78, 5) is 0. The third kappa shape index (κ3) is 2.22. The van der Waals surface area contributed by atoms with Crippen LogP contribution in [-0.4, -0.2) is 13.1 Å². The normalized spacial score (nSPS) is 20.7. The lowest BCUT2D eigenvalue weighted by Crippen LogP contribution is -2.31. The number of nitrogens with one attached hydrogen (secondary N) is 1. The van der Waals surface area contributed by atoms with E-state index < -0.39 is 0 Å². The Bertz CT molecular complexity index is 163. The van der Waals surface area contributed by atoms with Crippen molar-refractivity contribution in [1.29, 1.82) is 5.26 Å². The van der Waals surface area contributed by atoms with Gasteiger partial charge in [0.25, 0.3) is 0 Å². The summed E-state index contributed by atoms with van der Waals surface area (Å²) in [6.07, 6.45) is 6.71. The Kier molecular flexibility index (Phi) is 3.55. The smallest absolute Gasteiger partial charge is 0.0841 e. The minimum atomic E-state index is 0.502. The molecular formula is C10H18N2. The molecule has 0 aromatic carbocycles. The Hall–Kier alpha value is -0.550. The monoisotopic (exact) mass is 166 g/mol. The molecule has 0 saturated heterocycles. The van der Waals surface area contributed by atoms with Crippen molar-refractivity contribution in [1.82, 2.24) is 5.32 Å². The van der Waals surface area contributed by atoms with Crippen LogP contribution in [0, 0.1) is 16.7 Å². The highest BCUT2D eigenvalue weighted by molar-refractivity contribution is 4.86. The molecule has 1 rings (SSSR count). The van der Waals surface area contributed by atoms with Gasteiger partial charge in [0.1, 0.15) is 0 Å². The maximum atomic E-state index is 8.38. The lowest BCUT2D eigenvalue weighted by molar-refractivity contribution is 0.273. The van der Waals surface area contributed by atoms with Crippen molar-refractivity contribution in [2.75, 3.05) is 13.1 Å². The highest BCUT2D eigenvalue weighted by Crippen LogP contribution is 2.40. The van der Waals surface area contributed by atoms with Crippen LogP contribution < -0.4 is 5.32 Å². The lowest BCUT2D eigenvalue weighted by atomic mass is 9.83. The van der Waals surface area contributed by atoms with E-state index in [1.807, 2.05) is 0 Å². The molecule has 0 spiro atoms. The standard InChI is InChI=1S/C10H18N2/c1-2-10(5-3-4-6-10)9-12-8-7-11/h12H,2-6,8-9H2,1H3. The van der Waals surface area contributed by atoms with Gasteiger partial charge >= 0.3 is 0 Å². The largest absolute Gasteiger partial charge is 0.304 e. The van der Waals surface area contributed by atoms with E-state index in [0.717, 1.165) is 6.54 Å². The maximum absolute atomic E-state index is 8.38. The molecule has 0 radical (unpaired) electrons. The predicted molar refractivity (Wildman–Crippen MR) is 49.7 cm³/mol. The molecule has 1 aliphatic rings. The first-order chi connectivity index (χ1) is 5.83. The first-order valence-electron chi connectivity index (χ1n) is 4.91. The van der Waals surface area contributed by atoms with Crippen LogP contribution in [0.1, 0.15) is 39.0 Å². The van der Waals surface area contributed by atoms with Gasteiger partial charge in [-0.2, -0.15) is 5.26 Å². The predicted octanol–water partition coefficient (Wildman–Crippen LogP) is 2.07. The molecular weight excluding hydrogens is 148 g/mol. The van der Waals surface area contributed by atoms with Crippen LogP contribution in [0.15, 0.2) is 0 Å². The Morgan fingerprint density at radius 3 is 2.58 bits per heavy atom. The van der Waals surface area contributed by atoms with Crippen molar-refractivity contribution < 1.29 is 0 Å². The van der Waals surface area contributed by atoms with Gasteiger partial charge in [-0.1, -0.05) is 19.8 Å². The average Bonchev–Trinajstić information content (AvgIpc) is 2.55. The zero-order valence-corrected chi connectivity index (χ0v) is 7.90. The summed E-state index contributed by atoms with van der Waals surface area (Å²) in [5.41, 5.74) is 0.525. The number of hydrogen-bond donors (Lipinski definition) is 1. The summed E-state index contributed by atoms with van der Waals surface area (Å²) in [7, 11) is 0. The van der Waals surface area contributed by atoms with E-state index in [-0.39, 0.29) is 0 Å². The van der Waals surface area contributed by atoms with Crippen molar-refractivity contribution in [3.05, 3.63) is 0 Å². The van der Waals surface area contributed by atoms with Gasteiger partial charge in [-0.3, -0.25) is 0 Å². The third-order valence-electron chi connectivity index (χ3n) is 3.12. The van der Waals surface area contributed by atoms with Crippen molar-refractivity contribution in [3.63, 3.8) is 0 Å². The first-order valence-corrected chi connectivity index (χ1v) is 4.91. The quantitative estimate of drug-likeness (QED) is 0.512. The number of hydrogen-bond acceptors (Lipinski definition) is 2. The molecule has 0 aliphatic heterocycles. The molecule has 0 atom stereocenters. The molecule has 0 unspecified atom stereocenters. The van der Waals surface area contributed by atoms with Crippen LogP contribution in [0.3, 0.4) is 0 Å². The molecule has 1 fully saturated rings. The summed E-state index contributed by atoms with van der Waals surface area (Å²) >= 11 is 0. The molecule has 0 bridgehead atoms. The van der Waals surface area contributed by atoms with Gasteiger partial charge in [0.05, 0.1) is 12.6 Å². The molecule has 2 nitrogen and oxygen atoms in total. The zero-order valence-electron chi connectivity index (χ0n) is 7.90. The Labute approximate surface area is 75.0 Å².